The highest BCUT2D eigenvalue weighted by atomic mass is 127. The lowest BCUT2D eigenvalue weighted by molar-refractivity contribution is 0.0996. The van der Waals surface area contributed by atoms with Crippen LogP contribution in [0.1, 0.15) is 29.5 Å². The number of hydrogen-bond donors (Lipinski definition) is 2. The number of carbonyl (C=O) groups is 1. The summed E-state index contributed by atoms with van der Waals surface area (Å²) in [5.41, 5.74) is 1.79. The molecule has 1 saturated heterocycles. The number of nitrogens with zero attached hydrogens (tertiary/aromatic N) is 2. The lowest BCUT2D eigenvalue weighted by Crippen LogP contribution is -2.41. The van der Waals surface area contributed by atoms with Gasteiger partial charge in [-0.05, 0) is 43.2 Å². The molecule has 1 unspecified atom stereocenters. The fourth-order valence-corrected chi connectivity index (χ4v) is 3.13. The van der Waals surface area contributed by atoms with Crippen molar-refractivity contribution in [1.82, 2.24) is 10.2 Å². The van der Waals surface area contributed by atoms with Crippen LogP contribution in [-0.2, 0) is 11.3 Å². The average molecular weight is 512 g/mol. The lowest BCUT2D eigenvalue weighted by atomic mass is 10.1. The number of anilines is 1. The van der Waals surface area contributed by atoms with Gasteiger partial charge >= 0.3 is 0 Å². The molecule has 7 nitrogen and oxygen atoms in total. The Bertz CT molecular complexity index is 772. The van der Waals surface area contributed by atoms with Crippen molar-refractivity contribution in [2.45, 2.75) is 19.9 Å². The molecule has 1 aromatic heterocycles. The van der Waals surface area contributed by atoms with Gasteiger partial charge < -0.3 is 24.7 Å². The van der Waals surface area contributed by atoms with Crippen LogP contribution in [0.25, 0.3) is 0 Å². The number of hydrogen-bond acceptors (Lipinski definition) is 4. The van der Waals surface area contributed by atoms with Crippen molar-refractivity contribution < 1.29 is 13.9 Å². The van der Waals surface area contributed by atoms with Gasteiger partial charge in [0.05, 0.1) is 19.4 Å². The number of rotatable bonds is 7. The van der Waals surface area contributed by atoms with Crippen molar-refractivity contribution in [3.8, 4) is 0 Å². The summed E-state index contributed by atoms with van der Waals surface area (Å²) in [7, 11) is 2.06. The zero-order chi connectivity index (χ0) is 19.8. The van der Waals surface area contributed by atoms with Crippen molar-refractivity contribution in [2.75, 3.05) is 38.7 Å². The molecular weight excluding hydrogens is 483 g/mol. The van der Waals surface area contributed by atoms with Crippen molar-refractivity contribution >= 4 is 41.5 Å². The number of guanidine groups is 1. The van der Waals surface area contributed by atoms with E-state index in [1.54, 1.807) is 12.1 Å². The SMILES string of the molecule is CCNC(=NCc1ccc(NC(=O)c2ccco2)cc1)N(C)CC1CCOC1.I. The molecule has 3 rings (SSSR count). The Morgan fingerprint density at radius 2 is 2.07 bits per heavy atom. The van der Waals surface area contributed by atoms with Crippen molar-refractivity contribution in [3.05, 3.63) is 54.0 Å². The molecule has 158 valence electrons. The standard InChI is InChI=1S/C21H28N4O3.HI/c1-3-22-21(25(2)14-17-10-12-27-15-17)23-13-16-6-8-18(9-7-16)24-20(26)19-5-4-11-28-19;/h4-9,11,17H,3,10,12-15H2,1-2H3,(H,22,23)(H,24,26);1H. The molecule has 1 amide bonds. The molecule has 2 N–H and O–H groups in total. The number of nitrogens with one attached hydrogen (secondary N) is 2. The topological polar surface area (TPSA) is 79.1 Å². The van der Waals surface area contributed by atoms with E-state index in [4.69, 9.17) is 14.1 Å². The zero-order valence-electron chi connectivity index (χ0n) is 16.9. The maximum absolute atomic E-state index is 12.0. The summed E-state index contributed by atoms with van der Waals surface area (Å²) in [5, 5.41) is 6.16. The molecule has 0 bridgehead atoms. The second-order valence-electron chi connectivity index (χ2n) is 6.91. The van der Waals surface area contributed by atoms with E-state index < -0.39 is 0 Å². The quantitative estimate of drug-likeness (QED) is 0.337. The van der Waals surface area contributed by atoms with Gasteiger partial charge in [0.2, 0.25) is 0 Å². The van der Waals surface area contributed by atoms with Crippen LogP contribution in [0.2, 0.25) is 0 Å². The molecule has 1 atom stereocenters. The van der Waals surface area contributed by atoms with Crippen LogP contribution >= 0.6 is 24.0 Å². The normalized spacial score (nSPS) is 16.2. The van der Waals surface area contributed by atoms with Gasteiger partial charge in [0.1, 0.15) is 0 Å². The number of amides is 1. The predicted molar refractivity (Wildman–Crippen MR) is 125 cm³/mol. The molecule has 1 aliphatic heterocycles. The highest BCUT2D eigenvalue weighted by Gasteiger charge is 2.19. The molecule has 1 fully saturated rings. The second kappa shape index (κ2) is 11.8. The molecule has 0 aliphatic carbocycles. The van der Waals surface area contributed by atoms with Crippen LogP contribution in [0, 0.1) is 5.92 Å². The van der Waals surface area contributed by atoms with Gasteiger partial charge in [0.25, 0.3) is 5.91 Å². The third-order valence-electron chi connectivity index (χ3n) is 4.62. The molecule has 1 aliphatic rings. The number of benzene rings is 1. The molecule has 0 saturated carbocycles. The Kier molecular flexibility index (Phi) is 9.46. The third-order valence-corrected chi connectivity index (χ3v) is 4.62. The first-order valence-electron chi connectivity index (χ1n) is 9.66. The molecule has 1 aromatic carbocycles. The maximum atomic E-state index is 12.0. The van der Waals surface area contributed by atoms with Crippen molar-refractivity contribution in [1.29, 1.82) is 0 Å². The van der Waals surface area contributed by atoms with Gasteiger partial charge in [-0.3, -0.25) is 4.79 Å². The Labute approximate surface area is 188 Å². The van der Waals surface area contributed by atoms with Gasteiger partial charge in [0, 0.05) is 38.3 Å². The average Bonchev–Trinajstić information content (AvgIpc) is 3.40. The second-order valence-corrected chi connectivity index (χ2v) is 6.91. The number of ether oxygens (including phenoxy) is 1. The molecule has 8 heteroatoms. The minimum Gasteiger partial charge on any atom is -0.459 e. The molecule has 29 heavy (non-hydrogen) atoms. The third kappa shape index (κ3) is 7.04. The summed E-state index contributed by atoms with van der Waals surface area (Å²) >= 11 is 0. The monoisotopic (exact) mass is 512 g/mol. The van der Waals surface area contributed by atoms with E-state index in [1.807, 2.05) is 24.3 Å². The van der Waals surface area contributed by atoms with Gasteiger partial charge in [-0.15, -0.1) is 24.0 Å². The molecule has 2 heterocycles. The van der Waals surface area contributed by atoms with Crippen LogP contribution in [0.3, 0.4) is 0 Å². The largest absolute Gasteiger partial charge is 0.459 e. The summed E-state index contributed by atoms with van der Waals surface area (Å²) in [6, 6.07) is 11.0. The molecule has 2 aromatic rings. The van der Waals surface area contributed by atoms with E-state index >= 15 is 0 Å². The van der Waals surface area contributed by atoms with Crippen LogP contribution in [0.5, 0.6) is 0 Å². The number of halogens is 1. The number of carbonyl (C=O) groups excluding carboxylic acids is 1. The molecular formula is C21H29IN4O3. The first-order chi connectivity index (χ1) is 13.7. The van der Waals surface area contributed by atoms with E-state index in [2.05, 4.69) is 29.5 Å². The number of aliphatic imine (C=N–C) groups is 1. The lowest BCUT2D eigenvalue weighted by Gasteiger charge is -2.24. The Morgan fingerprint density at radius 3 is 2.69 bits per heavy atom. The maximum Gasteiger partial charge on any atom is 0.291 e. The fraction of sp³-hybridized carbons (Fsp3) is 0.429. The highest BCUT2D eigenvalue weighted by Crippen LogP contribution is 2.14. The van der Waals surface area contributed by atoms with E-state index in [-0.39, 0.29) is 29.9 Å². The van der Waals surface area contributed by atoms with Gasteiger partial charge in [0.15, 0.2) is 11.7 Å². The first kappa shape index (κ1) is 23.2. The summed E-state index contributed by atoms with van der Waals surface area (Å²) < 4.78 is 10.6. The van der Waals surface area contributed by atoms with Gasteiger partial charge in [-0.25, -0.2) is 4.99 Å². The first-order valence-corrected chi connectivity index (χ1v) is 9.66. The Balaban J connectivity index is 0.00000300. The van der Waals surface area contributed by atoms with Crippen molar-refractivity contribution in [2.24, 2.45) is 10.9 Å². The minimum absolute atomic E-state index is 0. The van der Waals surface area contributed by atoms with Crippen LogP contribution in [0.15, 0.2) is 52.1 Å². The minimum atomic E-state index is -0.261. The van der Waals surface area contributed by atoms with Gasteiger partial charge in [-0.1, -0.05) is 12.1 Å². The van der Waals surface area contributed by atoms with Crippen molar-refractivity contribution in [3.63, 3.8) is 0 Å². The summed E-state index contributed by atoms with van der Waals surface area (Å²) in [4.78, 5) is 18.9. The van der Waals surface area contributed by atoms with E-state index in [0.29, 0.717) is 18.2 Å². The summed E-state index contributed by atoms with van der Waals surface area (Å²) in [6.45, 7) is 6.08. The molecule has 0 radical (unpaired) electrons. The Morgan fingerprint density at radius 1 is 1.28 bits per heavy atom. The smallest absolute Gasteiger partial charge is 0.291 e. The van der Waals surface area contributed by atoms with E-state index in [9.17, 15) is 4.79 Å². The summed E-state index contributed by atoms with van der Waals surface area (Å²) in [5.74, 6) is 1.48. The van der Waals surface area contributed by atoms with Gasteiger partial charge in [-0.2, -0.15) is 0 Å². The van der Waals surface area contributed by atoms with Crippen LogP contribution in [0.4, 0.5) is 5.69 Å². The van der Waals surface area contributed by atoms with E-state index in [0.717, 1.165) is 49.9 Å². The molecule has 0 spiro atoms. The highest BCUT2D eigenvalue weighted by molar-refractivity contribution is 14.0. The zero-order valence-corrected chi connectivity index (χ0v) is 19.2. The van der Waals surface area contributed by atoms with E-state index in [1.165, 1.54) is 6.26 Å². The Hall–Kier alpha value is -2.07. The summed E-state index contributed by atoms with van der Waals surface area (Å²) in [6.07, 6.45) is 2.59. The fourth-order valence-electron chi connectivity index (χ4n) is 3.13. The number of furan rings is 1. The van der Waals surface area contributed by atoms with Crippen LogP contribution < -0.4 is 10.6 Å². The predicted octanol–water partition coefficient (Wildman–Crippen LogP) is 3.58. The van der Waals surface area contributed by atoms with Crippen LogP contribution in [-0.4, -0.2) is 50.1 Å².